The van der Waals surface area contributed by atoms with E-state index < -0.39 is 21.8 Å². The molecule has 0 aromatic rings. The van der Waals surface area contributed by atoms with Gasteiger partial charge in [0.25, 0.3) is 0 Å². The number of esters is 1. The first-order chi connectivity index (χ1) is 4.45. The summed E-state index contributed by atoms with van der Waals surface area (Å²) >= 11 is 0. The summed E-state index contributed by atoms with van der Waals surface area (Å²) in [4.78, 5) is 10.2. The Kier molecular flexibility index (Phi) is 3.04. The van der Waals surface area contributed by atoms with Gasteiger partial charge in [-0.3, -0.25) is 4.79 Å². The van der Waals surface area contributed by atoms with Gasteiger partial charge in [-0.1, -0.05) is 6.58 Å². The summed E-state index contributed by atoms with van der Waals surface area (Å²) < 4.78 is 33.4. The molecule has 0 aliphatic carbocycles. The van der Waals surface area contributed by atoms with Crippen LogP contribution in [0.1, 0.15) is 0 Å². The molecule has 0 aromatic heterocycles. The third kappa shape index (κ3) is 5.26. The Balaban J connectivity index is 3.93. The molecule has 6 heteroatoms. The second kappa shape index (κ2) is 3.33. The molecular weight excluding hydrogens is 160 g/mol. The summed E-state index contributed by atoms with van der Waals surface area (Å²) in [6, 6.07) is 0. The lowest BCUT2D eigenvalue weighted by Crippen LogP contribution is -2.15. The number of carbonyl (C=O) groups excluding carboxylic acids is 1. The molecule has 0 amide bonds. The van der Waals surface area contributed by atoms with Crippen molar-refractivity contribution in [2.75, 3.05) is 5.75 Å². The van der Waals surface area contributed by atoms with Gasteiger partial charge in [-0.15, -0.1) is 0 Å². The highest BCUT2D eigenvalue weighted by Crippen LogP contribution is 1.85. The molecule has 10 heavy (non-hydrogen) atoms. The Hall–Kier alpha value is -0.880. The predicted octanol–water partition coefficient (Wildman–Crippen LogP) is -0.782. The maximum absolute atomic E-state index is 10.2. The van der Waals surface area contributed by atoms with Crippen molar-refractivity contribution >= 4 is 16.1 Å². The van der Waals surface area contributed by atoms with Crippen LogP contribution in [-0.2, 0) is 19.6 Å². The lowest BCUT2D eigenvalue weighted by Gasteiger charge is -2.02. The summed E-state index contributed by atoms with van der Waals surface area (Å²) in [5.74, 6) is -2.27. The molecule has 0 rings (SSSR count). The van der Waals surface area contributed by atoms with E-state index in [-0.39, 0.29) is 0 Å². The third-order valence-electron chi connectivity index (χ3n) is 0.509. The van der Waals surface area contributed by atoms with Gasteiger partial charge < -0.3 is 9.29 Å². The van der Waals surface area contributed by atoms with Gasteiger partial charge in [-0.25, -0.2) is 8.42 Å². The van der Waals surface area contributed by atoms with E-state index in [0.717, 1.165) is 6.26 Å². The fourth-order valence-electron chi connectivity index (χ4n) is 0.271. The molecule has 0 saturated heterocycles. The van der Waals surface area contributed by atoms with Gasteiger partial charge in [0.15, 0.2) is 0 Å². The lowest BCUT2D eigenvalue weighted by atomic mass is 10.8. The Labute approximate surface area is 58.0 Å². The van der Waals surface area contributed by atoms with Crippen molar-refractivity contribution in [1.82, 2.24) is 0 Å². The zero-order valence-electron chi connectivity index (χ0n) is 4.94. The molecular formula is C4H5O5S-. The zero-order valence-corrected chi connectivity index (χ0v) is 5.76. The van der Waals surface area contributed by atoms with Crippen LogP contribution in [0.4, 0.5) is 0 Å². The van der Waals surface area contributed by atoms with Gasteiger partial charge in [0.1, 0.15) is 15.9 Å². The van der Waals surface area contributed by atoms with Crippen LogP contribution in [0.2, 0.25) is 0 Å². The summed E-state index contributed by atoms with van der Waals surface area (Å²) in [6.45, 7) is 2.99. The van der Waals surface area contributed by atoms with Crippen molar-refractivity contribution in [2.24, 2.45) is 0 Å². The zero-order chi connectivity index (χ0) is 8.20. The Morgan fingerprint density at radius 3 is 2.50 bits per heavy atom. The van der Waals surface area contributed by atoms with Crippen molar-refractivity contribution < 1.29 is 22.5 Å². The molecule has 0 bridgehead atoms. The Morgan fingerprint density at radius 2 is 2.20 bits per heavy atom. The maximum Gasteiger partial charge on any atom is 0.324 e. The second-order valence-electron chi connectivity index (χ2n) is 1.36. The lowest BCUT2D eigenvalue weighted by molar-refractivity contribution is -0.135. The first kappa shape index (κ1) is 9.12. The normalized spacial score (nSPS) is 10.5. The first-order valence-corrected chi connectivity index (χ1v) is 3.77. The van der Waals surface area contributed by atoms with Crippen molar-refractivity contribution in [2.45, 2.75) is 0 Å². The highest BCUT2D eigenvalue weighted by Gasteiger charge is 2.05. The number of hydrogen-bond donors (Lipinski definition) is 0. The minimum Gasteiger partial charge on any atom is -0.748 e. The summed E-state index contributed by atoms with van der Waals surface area (Å²) in [6.07, 6.45) is 0.757. The van der Waals surface area contributed by atoms with E-state index in [1.54, 1.807) is 0 Å². The highest BCUT2D eigenvalue weighted by molar-refractivity contribution is 7.86. The SMILES string of the molecule is C=COC(=O)CS(=O)(=O)[O-]. The molecule has 0 spiro atoms. The minimum absolute atomic E-state index is 0.757. The van der Waals surface area contributed by atoms with Gasteiger partial charge in [0.2, 0.25) is 0 Å². The Bertz CT molecular complexity index is 226. The maximum atomic E-state index is 10.2. The van der Waals surface area contributed by atoms with E-state index in [4.69, 9.17) is 0 Å². The van der Waals surface area contributed by atoms with E-state index in [9.17, 15) is 17.8 Å². The fourth-order valence-corrected chi connectivity index (χ4v) is 0.628. The first-order valence-electron chi connectivity index (χ1n) is 2.19. The number of carbonyl (C=O) groups is 1. The summed E-state index contributed by atoms with van der Waals surface area (Å²) in [5, 5.41) is 0. The largest absolute Gasteiger partial charge is 0.748 e. The number of ether oxygens (including phenoxy) is 1. The molecule has 0 aliphatic heterocycles. The standard InChI is InChI=1S/C4H6O5S/c1-2-9-4(5)3-10(6,7)8/h2H,1,3H2,(H,6,7,8)/p-1. The van der Waals surface area contributed by atoms with Gasteiger partial charge in [-0.05, 0) is 0 Å². The third-order valence-corrected chi connectivity index (χ3v) is 1.10. The second-order valence-corrected chi connectivity index (χ2v) is 2.76. The molecule has 0 N–H and O–H groups in total. The van der Waals surface area contributed by atoms with Gasteiger partial charge in [-0.2, -0.15) is 0 Å². The molecule has 0 radical (unpaired) electrons. The quantitative estimate of drug-likeness (QED) is 0.311. The van der Waals surface area contributed by atoms with Crippen LogP contribution in [0.3, 0.4) is 0 Å². The van der Waals surface area contributed by atoms with Crippen LogP contribution in [0, 0.1) is 0 Å². The smallest absolute Gasteiger partial charge is 0.324 e. The average molecular weight is 165 g/mol. The fraction of sp³-hybridized carbons (Fsp3) is 0.250. The predicted molar refractivity (Wildman–Crippen MR) is 30.9 cm³/mol. The van der Waals surface area contributed by atoms with Crippen LogP contribution >= 0.6 is 0 Å². The van der Waals surface area contributed by atoms with Crippen molar-refractivity contribution in [1.29, 1.82) is 0 Å². The van der Waals surface area contributed by atoms with E-state index in [0.29, 0.717) is 0 Å². The van der Waals surface area contributed by atoms with Crippen molar-refractivity contribution in [3.63, 3.8) is 0 Å². The van der Waals surface area contributed by atoms with Crippen LogP contribution < -0.4 is 0 Å². The highest BCUT2D eigenvalue weighted by atomic mass is 32.2. The molecule has 5 nitrogen and oxygen atoms in total. The molecule has 0 unspecified atom stereocenters. The van der Waals surface area contributed by atoms with Crippen LogP contribution in [-0.4, -0.2) is 24.7 Å². The van der Waals surface area contributed by atoms with E-state index in [1.165, 1.54) is 0 Å². The molecule has 0 fully saturated rings. The topological polar surface area (TPSA) is 83.5 Å². The molecule has 0 atom stereocenters. The van der Waals surface area contributed by atoms with E-state index in [1.807, 2.05) is 0 Å². The van der Waals surface area contributed by atoms with E-state index >= 15 is 0 Å². The summed E-state index contributed by atoms with van der Waals surface area (Å²) in [5.41, 5.74) is 0. The summed E-state index contributed by atoms with van der Waals surface area (Å²) in [7, 11) is -4.52. The Morgan fingerprint density at radius 1 is 1.70 bits per heavy atom. The van der Waals surface area contributed by atoms with Crippen LogP contribution in [0.25, 0.3) is 0 Å². The average Bonchev–Trinajstić information content (AvgIpc) is 1.59. The molecule has 0 aliphatic rings. The molecule has 0 aromatic carbocycles. The molecule has 0 saturated carbocycles. The van der Waals surface area contributed by atoms with Gasteiger partial charge in [0, 0.05) is 0 Å². The number of rotatable bonds is 3. The van der Waals surface area contributed by atoms with Crippen molar-refractivity contribution in [3.8, 4) is 0 Å². The van der Waals surface area contributed by atoms with Crippen LogP contribution in [0.15, 0.2) is 12.8 Å². The minimum atomic E-state index is -4.52. The van der Waals surface area contributed by atoms with Gasteiger partial charge in [0.05, 0.1) is 6.26 Å². The monoisotopic (exact) mass is 165 g/mol. The molecule has 0 heterocycles. The van der Waals surface area contributed by atoms with Crippen LogP contribution in [0.5, 0.6) is 0 Å². The van der Waals surface area contributed by atoms with Crippen molar-refractivity contribution in [3.05, 3.63) is 12.8 Å². The number of hydrogen-bond acceptors (Lipinski definition) is 5. The molecule has 58 valence electrons. The van der Waals surface area contributed by atoms with Gasteiger partial charge >= 0.3 is 5.97 Å². The van der Waals surface area contributed by atoms with E-state index in [2.05, 4.69) is 11.3 Å².